The molecule has 1 saturated heterocycles. The fourth-order valence-electron chi connectivity index (χ4n) is 1.78. The second-order valence-corrected chi connectivity index (χ2v) is 4.56. The minimum atomic E-state index is -0.356. The molecule has 0 bridgehead atoms. The van der Waals surface area contributed by atoms with E-state index in [-0.39, 0.29) is 11.3 Å². The Hall–Kier alpha value is -0.320. The van der Waals surface area contributed by atoms with Crippen LogP contribution in [0, 0.1) is 0 Å². The van der Waals surface area contributed by atoms with Crippen molar-refractivity contribution >= 4 is 17.5 Å². The lowest BCUT2D eigenvalue weighted by molar-refractivity contribution is -0.132. The molecular weight excluding hydrogens is 228 g/mol. The Balaban J connectivity index is 2.28. The number of amides is 1. The number of rotatable bonds is 5. The van der Waals surface area contributed by atoms with Crippen LogP contribution in [-0.2, 0) is 9.53 Å². The number of hydrogen-bond donors (Lipinski definition) is 0. The molecule has 0 aromatic heterocycles. The summed E-state index contributed by atoms with van der Waals surface area (Å²) in [5.41, 5.74) is 0. The highest BCUT2D eigenvalue weighted by Crippen LogP contribution is 2.09. The molecule has 0 aromatic rings. The van der Waals surface area contributed by atoms with Gasteiger partial charge in [0.2, 0.25) is 5.91 Å². The summed E-state index contributed by atoms with van der Waals surface area (Å²) >= 11 is 5.94. The highest BCUT2D eigenvalue weighted by molar-refractivity contribution is 6.30. The third-order valence-electron chi connectivity index (χ3n) is 2.92. The van der Waals surface area contributed by atoms with Gasteiger partial charge in [-0.25, -0.2) is 0 Å². The molecule has 0 saturated carbocycles. The molecule has 1 aliphatic rings. The third kappa shape index (κ3) is 3.92. The van der Waals surface area contributed by atoms with Gasteiger partial charge in [0.1, 0.15) is 5.38 Å². The van der Waals surface area contributed by atoms with Gasteiger partial charge >= 0.3 is 0 Å². The van der Waals surface area contributed by atoms with Gasteiger partial charge in [-0.1, -0.05) is 6.92 Å². The molecule has 1 aliphatic heterocycles. The molecule has 1 amide bonds. The number of carbonyl (C=O) groups excluding carboxylic acids is 1. The van der Waals surface area contributed by atoms with E-state index in [1.54, 1.807) is 7.11 Å². The molecule has 4 nitrogen and oxygen atoms in total. The summed E-state index contributed by atoms with van der Waals surface area (Å²) in [6.45, 7) is 7.03. The van der Waals surface area contributed by atoms with E-state index in [9.17, 15) is 4.79 Å². The highest BCUT2D eigenvalue weighted by Gasteiger charge is 2.24. The van der Waals surface area contributed by atoms with Gasteiger partial charge in [-0.3, -0.25) is 9.69 Å². The van der Waals surface area contributed by atoms with Gasteiger partial charge < -0.3 is 9.64 Å². The molecule has 1 heterocycles. The molecule has 94 valence electrons. The zero-order valence-electron chi connectivity index (χ0n) is 10.1. The van der Waals surface area contributed by atoms with E-state index in [1.165, 1.54) is 0 Å². The van der Waals surface area contributed by atoms with Crippen LogP contribution in [-0.4, -0.2) is 67.5 Å². The van der Waals surface area contributed by atoms with Crippen LogP contribution < -0.4 is 0 Å². The molecule has 5 heteroatoms. The summed E-state index contributed by atoms with van der Waals surface area (Å²) in [5.74, 6) is 0.0792. The van der Waals surface area contributed by atoms with Crippen LogP contribution in [0.25, 0.3) is 0 Å². The van der Waals surface area contributed by atoms with Gasteiger partial charge in [-0.2, -0.15) is 0 Å². The summed E-state index contributed by atoms with van der Waals surface area (Å²) in [6, 6.07) is 0. The fraction of sp³-hybridized carbons (Fsp3) is 0.909. The second kappa shape index (κ2) is 7.09. The molecule has 0 unspecified atom stereocenters. The Bertz CT molecular complexity index is 218. The molecule has 1 rings (SSSR count). The molecule has 0 N–H and O–H groups in total. The zero-order valence-corrected chi connectivity index (χ0v) is 10.9. The Morgan fingerprint density at radius 1 is 1.38 bits per heavy atom. The Kier molecular flexibility index (Phi) is 6.09. The van der Waals surface area contributed by atoms with E-state index in [1.807, 2.05) is 11.8 Å². The van der Waals surface area contributed by atoms with Gasteiger partial charge in [0, 0.05) is 39.8 Å². The molecule has 0 radical (unpaired) electrons. The Morgan fingerprint density at radius 3 is 2.50 bits per heavy atom. The van der Waals surface area contributed by atoms with Crippen LogP contribution in [0.5, 0.6) is 0 Å². The van der Waals surface area contributed by atoms with E-state index in [0.717, 1.165) is 39.3 Å². The average molecular weight is 249 g/mol. The Morgan fingerprint density at radius 2 is 2.00 bits per heavy atom. The lowest BCUT2D eigenvalue weighted by atomic mass is 10.2. The van der Waals surface area contributed by atoms with Crippen molar-refractivity contribution in [2.24, 2.45) is 0 Å². The van der Waals surface area contributed by atoms with Crippen molar-refractivity contribution in [3.63, 3.8) is 0 Å². The van der Waals surface area contributed by atoms with Crippen LogP contribution in [0.1, 0.15) is 13.3 Å². The van der Waals surface area contributed by atoms with Crippen molar-refractivity contribution in [1.82, 2.24) is 9.80 Å². The monoisotopic (exact) mass is 248 g/mol. The average Bonchev–Trinajstić information content (AvgIpc) is 2.35. The number of piperazine rings is 1. The third-order valence-corrected chi connectivity index (χ3v) is 3.42. The predicted molar refractivity (Wildman–Crippen MR) is 64.8 cm³/mol. The molecule has 0 aromatic carbocycles. The van der Waals surface area contributed by atoms with E-state index in [2.05, 4.69) is 4.90 Å². The zero-order chi connectivity index (χ0) is 12.0. The van der Waals surface area contributed by atoms with Crippen molar-refractivity contribution in [2.75, 3.05) is 46.4 Å². The van der Waals surface area contributed by atoms with Crippen molar-refractivity contribution in [2.45, 2.75) is 18.7 Å². The maximum Gasteiger partial charge on any atom is 0.240 e. The number of alkyl halides is 1. The molecule has 1 atom stereocenters. The lowest BCUT2D eigenvalue weighted by Gasteiger charge is -2.35. The van der Waals surface area contributed by atoms with E-state index in [4.69, 9.17) is 16.3 Å². The number of ether oxygens (including phenoxy) is 1. The van der Waals surface area contributed by atoms with Crippen LogP contribution in [0.2, 0.25) is 0 Å². The summed E-state index contributed by atoms with van der Waals surface area (Å²) in [5, 5.41) is -0.356. The molecule has 16 heavy (non-hydrogen) atoms. The van der Waals surface area contributed by atoms with E-state index >= 15 is 0 Å². The first-order chi connectivity index (χ1) is 7.69. The minimum Gasteiger partial charge on any atom is -0.383 e. The highest BCUT2D eigenvalue weighted by atomic mass is 35.5. The maximum atomic E-state index is 11.8. The maximum absolute atomic E-state index is 11.8. The number of halogens is 1. The van der Waals surface area contributed by atoms with Crippen molar-refractivity contribution < 1.29 is 9.53 Å². The number of carbonyl (C=O) groups is 1. The SMILES string of the molecule is CC[C@H](Cl)C(=O)N1CCN(CCOC)CC1. The van der Waals surface area contributed by atoms with Crippen LogP contribution in [0.15, 0.2) is 0 Å². The first-order valence-corrected chi connectivity index (χ1v) is 6.26. The summed E-state index contributed by atoms with van der Waals surface area (Å²) in [6.07, 6.45) is 0.699. The van der Waals surface area contributed by atoms with Gasteiger partial charge in [-0.15, -0.1) is 11.6 Å². The summed E-state index contributed by atoms with van der Waals surface area (Å²) in [4.78, 5) is 16.0. The van der Waals surface area contributed by atoms with Crippen LogP contribution in [0.4, 0.5) is 0 Å². The van der Waals surface area contributed by atoms with E-state index < -0.39 is 0 Å². The fourth-order valence-corrected chi connectivity index (χ4v) is 1.92. The summed E-state index contributed by atoms with van der Waals surface area (Å²) < 4.78 is 5.03. The van der Waals surface area contributed by atoms with E-state index in [0.29, 0.717) is 6.42 Å². The Labute approximate surface area is 102 Å². The van der Waals surface area contributed by atoms with Gasteiger partial charge in [0.15, 0.2) is 0 Å². The quantitative estimate of drug-likeness (QED) is 0.675. The molecule has 1 fully saturated rings. The first kappa shape index (κ1) is 13.7. The van der Waals surface area contributed by atoms with Gasteiger partial charge in [0.05, 0.1) is 6.61 Å². The standard InChI is InChI=1S/C11H21ClN2O2/c1-3-10(12)11(15)14-6-4-13(5-7-14)8-9-16-2/h10H,3-9H2,1-2H3/t10-/m0/s1. The van der Waals surface area contributed by atoms with Crippen LogP contribution >= 0.6 is 11.6 Å². The smallest absolute Gasteiger partial charge is 0.240 e. The van der Waals surface area contributed by atoms with Crippen molar-refractivity contribution in [1.29, 1.82) is 0 Å². The topological polar surface area (TPSA) is 32.8 Å². The van der Waals surface area contributed by atoms with Gasteiger partial charge in [0.25, 0.3) is 0 Å². The van der Waals surface area contributed by atoms with Gasteiger partial charge in [-0.05, 0) is 6.42 Å². The van der Waals surface area contributed by atoms with Crippen LogP contribution in [0.3, 0.4) is 0 Å². The summed E-state index contributed by atoms with van der Waals surface area (Å²) in [7, 11) is 1.71. The number of methoxy groups -OCH3 is 1. The predicted octanol–water partition coefficient (Wildman–Crippen LogP) is 0.794. The molecule has 0 aliphatic carbocycles. The molecular formula is C11H21ClN2O2. The lowest BCUT2D eigenvalue weighted by Crippen LogP contribution is -2.51. The number of hydrogen-bond acceptors (Lipinski definition) is 3. The first-order valence-electron chi connectivity index (χ1n) is 5.83. The number of nitrogens with zero attached hydrogens (tertiary/aromatic N) is 2. The second-order valence-electron chi connectivity index (χ2n) is 4.04. The largest absolute Gasteiger partial charge is 0.383 e. The van der Waals surface area contributed by atoms with Crippen molar-refractivity contribution in [3.05, 3.63) is 0 Å². The van der Waals surface area contributed by atoms with Crippen molar-refractivity contribution in [3.8, 4) is 0 Å². The minimum absolute atomic E-state index is 0.0792. The normalized spacial score (nSPS) is 19.8. The molecule has 0 spiro atoms.